The maximum Gasteiger partial charge on any atom is 0.257 e. The molecule has 0 aliphatic carbocycles. The van der Waals surface area contributed by atoms with Gasteiger partial charge in [0, 0.05) is 24.5 Å². The van der Waals surface area contributed by atoms with Gasteiger partial charge in [0.25, 0.3) is 5.91 Å². The number of fused-ring (bicyclic) bond motifs is 1. The Morgan fingerprint density at radius 3 is 2.75 bits per heavy atom. The Balaban J connectivity index is 1.58. The van der Waals surface area contributed by atoms with Crippen molar-refractivity contribution in [1.29, 1.82) is 0 Å². The van der Waals surface area contributed by atoms with Gasteiger partial charge >= 0.3 is 0 Å². The Labute approximate surface area is 163 Å². The number of methoxy groups -OCH3 is 2. The number of para-hydroxylation sites is 1. The van der Waals surface area contributed by atoms with Gasteiger partial charge in [0.15, 0.2) is 0 Å². The highest BCUT2D eigenvalue weighted by Crippen LogP contribution is 2.34. The Bertz CT molecular complexity index is 1020. The molecule has 3 aromatic rings. The number of amides is 1. The molecule has 0 spiro atoms. The van der Waals surface area contributed by atoms with Gasteiger partial charge in [-0.15, -0.1) is 0 Å². The summed E-state index contributed by atoms with van der Waals surface area (Å²) in [6.07, 6.45) is 4.33. The van der Waals surface area contributed by atoms with E-state index < -0.39 is 0 Å². The fourth-order valence-corrected chi connectivity index (χ4v) is 3.40. The van der Waals surface area contributed by atoms with Crippen molar-refractivity contribution in [1.82, 2.24) is 4.98 Å². The molecule has 0 fully saturated rings. The molecule has 0 saturated heterocycles. The van der Waals surface area contributed by atoms with Crippen LogP contribution >= 0.6 is 0 Å². The van der Waals surface area contributed by atoms with Crippen LogP contribution in [-0.4, -0.2) is 31.7 Å². The van der Waals surface area contributed by atoms with E-state index in [2.05, 4.69) is 27.3 Å². The molecule has 2 heterocycles. The molecule has 1 N–H and O–H groups in total. The van der Waals surface area contributed by atoms with Gasteiger partial charge in [-0.25, -0.2) is 0 Å². The maximum absolute atomic E-state index is 12.8. The van der Waals surface area contributed by atoms with Crippen LogP contribution in [0.1, 0.15) is 15.9 Å². The molecular weight excluding hydrogens is 354 g/mol. The fraction of sp³-hybridized carbons (Fsp3) is 0.182. The lowest BCUT2D eigenvalue weighted by atomic mass is 10.2. The van der Waals surface area contributed by atoms with Crippen molar-refractivity contribution in [2.24, 2.45) is 0 Å². The van der Waals surface area contributed by atoms with E-state index in [9.17, 15) is 4.79 Å². The monoisotopic (exact) mass is 375 g/mol. The number of aromatic nitrogens is 1. The summed E-state index contributed by atoms with van der Waals surface area (Å²) in [6, 6.07) is 15.4. The molecule has 1 aromatic heterocycles. The first-order valence-electron chi connectivity index (χ1n) is 9.03. The van der Waals surface area contributed by atoms with E-state index in [1.165, 1.54) is 11.3 Å². The number of carbonyl (C=O) groups excluding carboxylic acids is 1. The molecule has 0 bridgehead atoms. The highest BCUT2D eigenvalue weighted by atomic mass is 16.5. The highest BCUT2D eigenvalue weighted by molar-refractivity contribution is 6.05. The number of anilines is 3. The zero-order valence-corrected chi connectivity index (χ0v) is 15.8. The van der Waals surface area contributed by atoms with Crippen LogP contribution < -0.4 is 19.7 Å². The van der Waals surface area contributed by atoms with Gasteiger partial charge < -0.3 is 19.7 Å². The van der Waals surface area contributed by atoms with Crippen molar-refractivity contribution in [2.45, 2.75) is 6.42 Å². The van der Waals surface area contributed by atoms with Crippen LogP contribution in [0.25, 0.3) is 0 Å². The minimum atomic E-state index is -0.245. The minimum Gasteiger partial charge on any atom is -0.497 e. The largest absolute Gasteiger partial charge is 0.497 e. The summed E-state index contributed by atoms with van der Waals surface area (Å²) in [7, 11) is 3.14. The van der Waals surface area contributed by atoms with Crippen LogP contribution in [0, 0.1) is 0 Å². The first-order valence-corrected chi connectivity index (χ1v) is 9.03. The lowest BCUT2D eigenvalue weighted by Gasteiger charge is -2.19. The van der Waals surface area contributed by atoms with E-state index in [0.29, 0.717) is 22.7 Å². The number of hydrogen-bond acceptors (Lipinski definition) is 5. The summed E-state index contributed by atoms with van der Waals surface area (Å²) in [4.78, 5) is 19.3. The van der Waals surface area contributed by atoms with E-state index in [1.54, 1.807) is 44.8 Å². The smallest absolute Gasteiger partial charge is 0.257 e. The second kappa shape index (κ2) is 7.60. The third kappa shape index (κ3) is 3.36. The molecule has 1 aliphatic heterocycles. The summed E-state index contributed by atoms with van der Waals surface area (Å²) < 4.78 is 10.5. The fourth-order valence-electron chi connectivity index (χ4n) is 3.40. The second-order valence-corrected chi connectivity index (χ2v) is 6.48. The van der Waals surface area contributed by atoms with Crippen molar-refractivity contribution in [3.63, 3.8) is 0 Å². The molecular formula is C22H21N3O3. The number of rotatable bonds is 5. The van der Waals surface area contributed by atoms with Crippen molar-refractivity contribution < 1.29 is 14.3 Å². The highest BCUT2D eigenvalue weighted by Gasteiger charge is 2.21. The van der Waals surface area contributed by atoms with E-state index >= 15 is 0 Å². The van der Waals surface area contributed by atoms with E-state index in [1.807, 2.05) is 18.2 Å². The number of carbonyl (C=O) groups is 1. The van der Waals surface area contributed by atoms with Crippen molar-refractivity contribution in [2.75, 3.05) is 31.0 Å². The van der Waals surface area contributed by atoms with Gasteiger partial charge in [-0.2, -0.15) is 0 Å². The predicted molar refractivity (Wildman–Crippen MR) is 109 cm³/mol. The van der Waals surface area contributed by atoms with Gasteiger partial charge in [-0.05, 0) is 36.2 Å². The van der Waals surface area contributed by atoms with Crippen molar-refractivity contribution in [3.8, 4) is 11.5 Å². The SMILES string of the molecule is COc1ccc(NC(=O)c2cncc(N3CCc4ccccc43)c2)c(OC)c1. The van der Waals surface area contributed by atoms with Crippen LogP contribution in [0.3, 0.4) is 0 Å². The molecule has 4 rings (SSSR count). The quantitative estimate of drug-likeness (QED) is 0.729. The first kappa shape index (κ1) is 17.9. The van der Waals surface area contributed by atoms with E-state index in [4.69, 9.17) is 9.47 Å². The average Bonchev–Trinajstić information content (AvgIpc) is 3.18. The Kier molecular flexibility index (Phi) is 4.85. The standard InChI is InChI=1S/C22H21N3O3/c1-27-18-7-8-19(21(12-18)28-2)24-22(26)16-11-17(14-23-13-16)25-10-9-15-5-3-4-6-20(15)25/h3-8,11-14H,9-10H2,1-2H3,(H,24,26). The van der Waals surface area contributed by atoms with E-state index in [0.717, 1.165) is 18.7 Å². The third-order valence-electron chi connectivity index (χ3n) is 4.84. The summed E-state index contributed by atoms with van der Waals surface area (Å²) >= 11 is 0. The van der Waals surface area contributed by atoms with Crippen LogP contribution in [-0.2, 0) is 6.42 Å². The molecule has 0 saturated carbocycles. The molecule has 6 nitrogen and oxygen atoms in total. The van der Waals surface area contributed by atoms with Gasteiger partial charge in [-0.3, -0.25) is 9.78 Å². The zero-order valence-electron chi connectivity index (χ0n) is 15.8. The van der Waals surface area contributed by atoms with Crippen LogP contribution in [0.4, 0.5) is 17.1 Å². The molecule has 0 unspecified atom stereocenters. The van der Waals surface area contributed by atoms with E-state index in [-0.39, 0.29) is 5.91 Å². The number of ether oxygens (including phenoxy) is 2. The molecule has 1 amide bonds. The first-order chi connectivity index (χ1) is 13.7. The van der Waals surface area contributed by atoms with Gasteiger partial charge in [0.05, 0.1) is 37.4 Å². The van der Waals surface area contributed by atoms with Crippen LogP contribution in [0.5, 0.6) is 11.5 Å². The number of nitrogens with zero attached hydrogens (tertiary/aromatic N) is 2. The predicted octanol–water partition coefficient (Wildman–Crippen LogP) is 4.05. The molecule has 0 radical (unpaired) electrons. The molecule has 6 heteroatoms. The number of benzene rings is 2. The lowest BCUT2D eigenvalue weighted by Crippen LogP contribution is -2.17. The van der Waals surface area contributed by atoms with Crippen LogP contribution in [0.15, 0.2) is 60.9 Å². The molecule has 0 atom stereocenters. The minimum absolute atomic E-state index is 0.245. The summed E-state index contributed by atoms with van der Waals surface area (Å²) in [5.74, 6) is 0.946. The lowest BCUT2D eigenvalue weighted by molar-refractivity contribution is 0.102. The summed E-state index contributed by atoms with van der Waals surface area (Å²) in [5.41, 5.74) is 4.43. The zero-order chi connectivity index (χ0) is 19.5. The third-order valence-corrected chi connectivity index (χ3v) is 4.84. The van der Waals surface area contributed by atoms with Gasteiger partial charge in [0.2, 0.25) is 0 Å². The summed E-state index contributed by atoms with van der Waals surface area (Å²) in [6.45, 7) is 0.873. The average molecular weight is 375 g/mol. The summed E-state index contributed by atoms with van der Waals surface area (Å²) in [5, 5.41) is 2.89. The van der Waals surface area contributed by atoms with Gasteiger partial charge in [-0.1, -0.05) is 18.2 Å². The van der Waals surface area contributed by atoms with Crippen molar-refractivity contribution >= 4 is 23.0 Å². The molecule has 142 valence electrons. The second-order valence-electron chi connectivity index (χ2n) is 6.48. The topological polar surface area (TPSA) is 63.7 Å². The number of pyridine rings is 1. The molecule has 1 aliphatic rings. The normalized spacial score (nSPS) is 12.4. The number of hydrogen-bond donors (Lipinski definition) is 1. The number of nitrogens with one attached hydrogen (secondary N) is 1. The maximum atomic E-state index is 12.8. The molecule has 2 aromatic carbocycles. The van der Waals surface area contributed by atoms with Crippen molar-refractivity contribution in [3.05, 3.63) is 72.1 Å². The molecule has 28 heavy (non-hydrogen) atoms. The Morgan fingerprint density at radius 2 is 1.93 bits per heavy atom. The van der Waals surface area contributed by atoms with Crippen LogP contribution in [0.2, 0.25) is 0 Å². The van der Waals surface area contributed by atoms with Gasteiger partial charge in [0.1, 0.15) is 11.5 Å². The Hall–Kier alpha value is -3.54. The Morgan fingerprint density at radius 1 is 1.07 bits per heavy atom.